The summed E-state index contributed by atoms with van der Waals surface area (Å²) in [5.74, 6) is -0.743. The molecule has 108 valence electrons. The van der Waals surface area contributed by atoms with E-state index in [1.165, 1.54) is 11.8 Å². The average Bonchev–Trinajstić information content (AvgIpc) is 2.84. The van der Waals surface area contributed by atoms with Crippen molar-refractivity contribution in [3.63, 3.8) is 0 Å². The Morgan fingerprint density at radius 2 is 2.10 bits per heavy atom. The predicted octanol–water partition coefficient (Wildman–Crippen LogP) is 0.176. The second-order valence-electron chi connectivity index (χ2n) is 4.55. The minimum Gasteiger partial charge on any atom is -0.379 e. The van der Waals surface area contributed by atoms with E-state index in [0.29, 0.717) is 18.9 Å². The summed E-state index contributed by atoms with van der Waals surface area (Å²) < 4.78 is 5.19. The van der Waals surface area contributed by atoms with Crippen molar-refractivity contribution in [2.24, 2.45) is 17.4 Å². The normalized spacial score (nSPS) is 21.6. The van der Waals surface area contributed by atoms with Crippen molar-refractivity contribution in [3.8, 4) is 0 Å². The van der Waals surface area contributed by atoms with Crippen molar-refractivity contribution in [3.05, 3.63) is 24.3 Å². The van der Waals surface area contributed by atoms with Crippen molar-refractivity contribution in [1.29, 1.82) is 0 Å². The van der Waals surface area contributed by atoms with Crippen LogP contribution in [0.5, 0.6) is 0 Å². The second-order valence-corrected chi connectivity index (χ2v) is 5.57. The third kappa shape index (κ3) is 3.72. The first-order chi connectivity index (χ1) is 9.58. The number of ether oxygens (including phenoxy) is 1. The molecule has 2 amide bonds. The summed E-state index contributed by atoms with van der Waals surface area (Å²) >= 11 is 1.29. The lowest BCUT2D eigenvalue weighted by Gasteiger charge is -2.15. The van der Waals surface area contributed by atoms with Crippen LogP contribution in [-0.2, 0) is 14.3 Å². The van der Waals surface area contributed by atoms with Gasteiger partial charge in [0.05, 0.1) is 30.6 Å². The van der Waals surface area contributed by atoms with Crippen LogP contribution in [-0.4, -0.2) is 36.8 Å². The van der Waals surface area contributed by atoms with Gasteiger partial charge in [-0.2, -0.15) is 0 Å². The number of hydrogen-bond acceptors (Lipinski definition) is 5. The Morgan fingerprint density at radius 1 is 1.35 bits per heavy atom. The Labute approximate surface area is 121 Å². The molecule has 0 bridgehead atoms. The third-order valence-corrected chi connectivity index (χ3v) is 4.07. The van der Waals surface area contributed by atoms with Crippen molar-refractivity contribution >= 4 is 29.3 Å². The molecule has 20 heavy (non-hydrogen) atoms. The highest BCUT2D eigenvalue weighted by molar-refractivity contribution is 8.00. The SMILES string of the molecule is NC(=O)CSc1ccccc1NC(=O)C1COCC1N. The van der Waals surface area contributed by atoms with E-state index in [1.807, 2.05) is 18.2 Å². The largest absolute Gasteiger partial charge is 0.379 e. The van der Waals surface area contributed by atoms with Gasteiger partial charge in [0.1, 0.15) is 0 Å². The van der Waals surface area contributed by atoms with E-state index in [4.69, 9.17) is 16.2 Å². The summed E-state index contributed by atoms with van der Waals surface area (Å²) in [6.07, 6.45) is 0. The van der Waals surface area contributed by atoms with Crippen LogP contribution in [0.15, 0.2) is 29.2 Å². The highest BCUT2D eigenvalue weighted by Gasteiger charge is 2.31. The zero-order chi connectivity index (χ0) is 14.5. The summed E-state index contributed by atoms with van der Waals surface area (Å²) in [4.78, 5) is 23.8. The Morgan fingerprint density at radius 3 is 2.75 bits per heavy atom. The summed E-state index contributed by atoms with van der Waals surface area (Å²) in [5.41, 5.74) is 11.6. The first kappa shape index (κ1) is 14.8. The van der Waals surface area contributed by atoms with Gasteiger partial charge in [0.25, 0.3) is 0 Å². The Bertz CT molecular complexity index is 509. The maximum Gasteiger partial charge on any atom is 0.231 e. The Kier molecular flexibility index (Phi) is 4.99. The van der Waals surface area contributed by atoms with Gasteiger partial charge in [-0.15, -0.1) is 11.8 Å². The number of nitrogens with one attached hydrogen (secondary N) is 1. The van der Waals surface area contributed by atoms with Crippen LogP contribution in [0.25, 0.3) is 0 Å². The van der Waals surface area contributed by atoms with E-state index in [1.54, 1.807) is 6.07 Å². The molecular weight excluding hydrogens is 278 g/mol. The number of nitrogens with two attached hydrogens (primary N) is 2. The topological polar surface area (TPSA) is 107 Å². The number of primary amides is 1. The molecule has 0 spiro atoms. The summed E-state index contributed by atoms with van der Waals surface area (Å²) in [7, 11) is 0. The number of amides is 2. The number of rotatable bonds is 5. The van der Waals surface area contributed by atoms with E-state index in [2.05, 4.69) is 5.32 Å². The van der Waals surface area contributed by atoms with Gasteiger partial charge in [0, 0.05) is 10.9 Å². The van der Waals surface area contributed by atoms with Crippen LogP contribution in [0.1, 0.15) is 0 Å². The molecule has 0 aromatic heterocycles. The van der Waals surface area contributed by atoms with Crippen LogP contribution in [0.2, 0.25) is 0 Å². The van der Waals surface area contributed by atoms with Gasteiger partial charge in [-0.3, -0.25) is 9.59 Å². The van der Waals surface area contributed by atoms with E-state index >= 15 is 0 Å². The van der Waals surface area contributed by atoms with Crippen molar-refractivity contribution in [1.82, 2.24) is 0 Å². The summed E-state index contributed by atoms with van der Waals surface area (Å²) in [5, 5.41) is 2.83. The minimum absolute atomic E-state index is 0.165. The van der Waals surface area contributed by atoms with Crippen molar-refractivity contribution in [2.45, 2.75) is 10.9 Å². The molecule has 2 unspecified atom stereocenters. The molecule has 1 fully saturated rings. The maximum absolute atomic E-state index is 12.1. The van der Waals surface area contributed by atoms with E-state index in [0.717, 1.165) is 4.90 Å². The lowest BCUT2D eigenvalue weighted by atomic mass is 10.0. The number of anilines is 1. The predicted molar refractivity (Wildman–Crippen MR) is 77.3 cm³/mol. The number of carbonyl (C=O) groups excluding carboxylic acids is 2. The molecule has 1 heterocycles. The fourth-order valence-electron chi connectivity index (χ4n) is 1.91. The first-order valence-corrected chi connectivity index (χ1v) is 7.21. The highest BCUT2D eigenvalue weighted by Crippen LogP contribution is 2.27. The molecule has 1 aliphatic rings. The number of hydrogen-bond donors (Lipinski definition) is 3. The molecule has 0 aliphatic carbocycles. The van der Waals surface area contributed by atoms with Crippen molar-refractivity contribution < 1.29 is 14.3 Å². The molecule has 1 aliphatic heterocycles. The summed E-state index contributed by atoms with van der Waals surface area (Å²) in [6, 6.07) is 6.98. The van der Waals surface area contributed by atoms with Gasteiger partial charge in [-0.25, -0.2) is 0 Å². The quantitative estimate of drug-likeness (QED) is 0.671. The number of benzene rings is 1. The summed E-state index contributed by atoms with van der Waals surface area (Å²) in [6.45, 7) is 0.736. The molecule has 6 nitrogen and oxygen atoms in total. The highest BCUT2D eigenvalue weighted by atomic mass is 32.2. The molecule has 2 atom stereocenters. The van der Waals surface area contributed by atoms with E-state index in [9.17, 15) is 9.59 Å². The van der Waals surface area contributed by atoms with E-state index in [-0.39, 0.29) is 23.6 Å². The first-order valence-electron chi connectivity index (χ1n) is 6.22. The van der Waals surface area contributed by atoms with Gasteiger partial charge < -0.3 is 21.5 Å². The molecule has 7 heteroatoms. The van der Waals surface area contributed by atoms with Gasteiger partial charge in [0.15, 0.2) is 0 Å². The van der Waals surface area contributed by atoms with Crippen LogP contribution in [0, 0.1) is 5.92 Å². The molecule has 1 aromatic carbocycles. The minimum atomic E-state index is -0.401. The van der Waals surface area contributed by atoms with Gasteiger partial charge in [-0.05, 0) is 12.1 Å². The number of thioether (sulfide) groups is 1. The zero-order valence-electron chi connectivity index (χ0n) is 10.9. The molecule has 2 rings (SSSR count). The van der Waals surface area contributed by atoms with Gasteiger partial charge in [-0.1, -0.05) is 12.1 Å². The zero-order valence-corrected chi connectivity index (χ0v) is 11.7. The van der Waals surface area contributed by atoms with Crippen LogP contribution in [0.3, 0.4) is 0 Å². The molecule has 1 aromatic rings. The van der Waals surface area contributed by atoms with Crippen LogP contribution < -0.4 is 16.8 Å². The Balaban J connectivity index is 2.04. The fraction of sp³-hybridized carbons (Fsp3) is 0.385. The maximum atomic E-state index is 12.1. The number of carbonyl (C=O) groups is 2. The van der Waals surface area contributed by atoms with Crippen LogP contribution >= 0.6 is 11.8 Å². The Hall–Kier alpha value is -1.57. The van der Waals surface area contributed by atoms with Crippen LogP contribution in [0.4, 0.5) is 5.69 Å². The van der Waals surface area contributed by atoms with Gasteiger partial charge in [0.2, 0.25) is 11.8 Å². The molecule has 5 N–H and O–H groups in total. The standard InChI is InChI=1S/C13H17N3O3S/c14-9-6-19-5-8(9)13(18)16-10-3-1-2-4-11(10)20-7-12(15)17/h1-4,8-9H,5-7,14H2,(H2,15,17)(H,16,18). The van der Waals surface area contributed by atoms with Gasteiger partial charge >= 0.3 is 0 Å². The smallest absolute Gasteiger partial charge is 0.231 e. The molecule has 1 saturated heterocycles. The van der Waals surface area contributed by atoms with E-state index < -0.39 is 5.91 Å². The lowest BCUT2D eigenvalue weighted by Crippen LogP contribution is -2.37. The second kappa shape index (κ2) is 6.74. The third-order valence-electron chi connectivity index (χ3n) is 2.98. The molecule has 0 radical (unpaired) electrons. The fourth-order valence-corrected chi connectivity index (χ4v) is 2.66. The lowest BCUT2D eigenvalue weighted by molar-refractivity contribution is -0.120. The molecule has 0 saturated carbocycles. The average molecular weight is 295 g/mol. The molecular formula is C13H17N3O3S. The van der Waals surface area contributed by atoms with Crippen molar-refractivity contribution in [2.75, 3.05) is 24.3 Å². The number of para-hydroxylation sites is 1. The monoisotopic (exact) mass is 295 g/mol.